The van der Waals surface area contributed by atoms with Crippen molar-refractivity contribution in [3.05, 3.63) is 72.1 Å². The Kier molecular flexibility index (Phi) is 10.7. The van der Waals surface area contributed by atoms with Crippen molar-refractivity contribution >= 4 is 22.4 Å². The molecule has 2 heterocycles. The number of piperazine rings is 1. The fraction of sp³-hybridized carbons (Fsp3) is 0.571. The summed E-state index contributed by atoms with van der Waals surface area (Å²) in [6, 6.07) is 15.7. The van der Waals surface area contributed by atoms with Crippen LogP contribution >= 0.6 is 0 Å². The number of benzene rings is 2. The number of carbonyl (C=O) groups excluding carboxylic acids is 1. The van der Waals surface area contributed by atoms with Crippen molar-refractivity contribution in [2.45, 2.75) is 86.9 Å². The molecular formula is C35H49FN4O2S. The summed E-state index contributed by atoms with van der Waals surface area (Å²) in [6.45, 7) is 13.5. The summed E-state index contributed by atoms with van der Waals surface area (Å²) in [6.07, 6.45) is 9.48. The van der Waals surface area contributed by atoms with E-state index in [2.05, 4.69) is 77.2 Å². The first-order valence-corrected chi connectivity index (χ1v) is 17.3. The number of hydrogen-bond acceptors (Lipinski definition) is 5. The lowest BCUT2D eigenvalue weighted by Gasteiger charge is -2.37. The zero-order valence-corrected chi connectivity index (χ0v) is 27.0. The molecule has 2 saturated heterocycles. The first-order chi connectivity index (χ1) is 20.7. The molecule has 3 atom stereocenters. The summed E-state index contributed by atoms with van der Waals surface area (Å²) < 4.78 is 26.0. The Morgan fingerprint density at radius 3 is 2.16 bits per heavy atom. The number of halogens is 1. The van der Waals surface area contributed by atoms with Crippen molar-refractivity contribution in [2.75, 3.05) is 50.7 Å². The van der Waals surface area contributed by atoms with E-state index in [4.69, 9.17) is 0 Å². The van der Waals surface area contributed by atoms with E-state index in [1.165, 1.54) is 23.4 Å². The summed E-state index contributed by atoms with van der Waals surface area (Å²) in [7, 11) is -1.16. The van der Waals surface area contributed by atoms with Crippen molar-refractivity contribution in [3.8, 4) is 0 Å². The van der Waals surface area contributed by atoms with Crippen LogP contribution in [-0.4, -0.2) is 83.1 Å². The monoisotopic (exact) mass is 608 g/mol. The van der Waals surface area contributed by atoms with Crippen LogP contribution in [0.3, 0.4) is 0 Å². The first kappa shape index (κ1) is 31.9. The minimum atomic E-state index is -1.16. The Hall–Kier alpha value is -2.55. The van der Waals surface area contributed by atoms with Crippen LogP contribution in [0.25, 0.3) is 0 Å². The van der Waals surface area contributed by atoms with Crippen molar-refractivity contribution in [1.29, 1.82) is 0 Å². The highest BCUT2D eigenvalue weighted by atomic mass is 32.2. The third-order valence-corrected chi connectivity index (χ3v) is 11.0. The molecule has 1 N–H and O–H groups in total. The van der Waals surface area contributed by atoms with Gasteiger partial charge in [-0.1, -0.05) is 45.1 Å². The standard InChI is InChI=1S/C35H49FN4O2S/c1-35(2,3)27-6-12-31(13-7-27)39-25-23-38(24-26-39)20-4-5-34(41)40-21-18-30(19-22-40)37-29-10-16-33(17-11-29)43(42)32-14-8-28(36)9-15-32/h6-10,12-16,29-30,33,37H,4-5,11,17-26H2,1-3H3. The summed E-state index contributed by atoms with van der Waals surface area (Å²) in [5, 5.41) is 3.72. The molecule has 0 spiro atoms. The van der Waals surface area contributed by atoms with E-state index in [1.807, 2.05) is 0 Å². The molecule has 3 unspecified atom stereocenters. The van der Waals surface area contributed by atoms with E-state index < -0.39 is 10.8 Å². The lowest BCUT2D eigenvalue weighted by Crippen LogP contribution is -2.48. The van der Waals surface area contributed by atoms with Gasteiger partial charge in [0.2, 0.25) is 5.91 Å². The van der Waals surface area contributed by atoms with E-state index in [0.29, 0.717) is 23.3 Å². The predicted octanol–water partition coefficient (Wildman–Crippen LogP) is 5.50. The second kappa shape index (κ2) is 14.5. The number of amides is 1. The van der Waals surface area contributed by atoms with Crippen LogP contribution in [0.4, 0.5) is 10.1 Å². The van der Waals surface area contributed by atoms with Crippen LogP contribution in [0.2, 0.25) is 0 Å². The maximum atomic E-state index is 13.2. The molecule has 2 aromatic carbocycles. The minimum Gasteiger partial charge on any atom is -0.369 e. The van der Waals surface area contributed by atoms with Crippen LogP contribution in [0, 0.1) is 5.82 Å². The topological polar surface area (TPSA) is 55.9 Å². The number of piperidine rings is 1. The van der Waals surface area contributed by atoms with Crippen LogP contribution in [0.1, 0.15) is 64.9 Å². The molecule has 0 radical (unpaired) electrons. The number of rotatable bonds is 9. The molecule has 6 nitrogen and oxygen atoms in total. The normalized spacial score (nSPS) is 23.0. The van der Waals surface area contributed by atoms with Crippen molar-refractivity contribution in [3.63, 3.8) is 0 Å². The van der Waals surface area contributed by atoms with E-state index in [-0.39, 0.29) is 22.5 Å². The average Bonchev–Trinajstić information content (AvgIpc) is 3.02. The maximum Gasteiger partial charge on any atom is 0.222 e. The van der Waals surface area contributed by atoms with Crippen LogP contribution in [0.15, 0.2) is 65.6 Å². The Labute approximate surface area is 260 Å². The largest absolute Gasteiger partial charge is 0.369 e. The van der Waals surface area contributed by atoms with Gasteiger partial charge >= 0.3 is 0 Å². The van der Waals surface area contributed by atoms with Crippen molar-refractivity contribution in [2.24, 2.45) is 0 Å². The lowest BCUT2D eigenvalue weighted by atomic mass is 9.87. The molecule has 8 heteroatoms. The van der Waals surface area contributed by atoms with Gasteiger partial charge < -0.3 is 15.1 Å². The molecule has 2 aliphatic heterocycles. The highest BCUT2D eigenvalue weighted by Crippen LogP contribution is 2.26. The Bertz CT molecular complexity index is 1240. The number of nitrogens with one attached hydrogen (secondary N) is 1. The van der Waals surface area contributed by atoms with Crippen molar-refractivity contribution in [1.82, 2.24) is 15.1 Å². The van der Waals surface area contributed by atoms with Crippen LogP contribution in [-0.2, 0) is 21.0 Å². The summed E-state index contributed by atoms with van der Waals surface area (Å²) in [5.41, 5.74) is 2.86. The second-order valence-electron chi connectivity index (χ2n) is 13.4. The van der Waals surface area contributed by atoms with Gasteiger partial charge in [0.1, 0.15) is 5.82 Å². The number of hydrogen-bond donors (Lipinski definition) is 1. The SMILES string of the molecule is CC(C)(C)c1ccc(N2CCN(CCCC(=O)N3CCC(NC4C=CC(S(=O)c5ccc(F)cc5)CC4)CC3)CC2)cc1. The third kappa shape index (κ3) is 8.77. The molecular weight excluding hydrogens is 559 g/mol. The maximum absolute atomic E-state index is 13.2. The summed E-state index contributed by atoms with van der Waals surface area (Å²) in [5.74, 6) is -0.0141. The van der Waals surface area contributed by atoms with Gasteiger partial charge in [0.05, 0.1) is 16.0 Å². The highest BCUT2D eigenvalue weighted by Gasteiger charge is 2.27. The summed E-state index contributed by atoms with van der Waals surface area (Å²) in [4.78, 5) is 20.6. The second-order valence-corrected chi connectivity index (χ2v) is 15.1. The Balaban J connectivity index is 0.957. The van der Waals surface area contributed by atoms with Gasteiger partial charge in [-0.3, -0.25) is 13.9 Å². The van der Waals surface area contributed by atoms with E-state index in [9.17, 15) is 13.4 Å². The number of nitrogens with zero attached hydrogens (tertiary/aromatic N) is 3. The van der Waals surface area contributed by atoms with Gasteiger partial charge in [0.15, 0.2) is 0 Å². The number of anilines is 1. The Morgan fingerprint density at radius 1 is 0.884 bits per heavy atom. The van der Waals surface area contributed by atoms with E-state index in [0.717, 1.165) is 77.9 Å². The average molecular weight is 609 g/mol. The van der Waals surface area contributed by atoms with Gasteiger partial charge in [-0.2, -0.15) is 0 Å². The molecule has 0 bridgehead atoms. The molecule has 2 aromatic rings. The van der Waals surface area contributed by atoms with Gasteiger partial charge in [0.25, 0.3) is 0 Å². The first-order valence-electron chi connectivity index (χ1n) is 16.1. The molecule has 2 fully saturated rings. The summed E-state index contributed by atoms with van der Waals surface area (Å²) >= 11 is 0. The smallest absolute Gasteiger partial charge is 0.222 e. The van der Waals surface area contributed by atoms with Crippen molar-refractivity contribution < 1.29 is 13.4 Å². The molecule has 1 aliphatic carbocycles. The van der Waals surface area contributed by atoms with Gasteiger partial charge in [-0.15, -0.1) is 0 Å². The van der Waals surface area contributed by atoms with Gasteiger partial charge in [0, 0.05) is 68.4 Å². The van der Waals surface area contributed by atoms with Crippen LogP contribution < -0.4 is 10.2 Å². The molecule has 234 valence electrons. The fourth-order valence-corrected chi connectivity index (χ4v) is 7.80. The zero-order valence-electron chi connectivity index (χ0n) is 26.1. The molecule has 5 rings (SSSR count). The molecule has 0 saturated carbocycles. The van der Waals surface area contributed by atoms with E-state index in [1.54, 1.807) is 12.1 Å². The Morgan fingerprint density at radius 2 is 1.56 bits per heavy atom. The minimum absolute atomic E-state index is 0.0300. The van der Waals surface area contributed by atoms with E-state index >= 15 is 0 Å². The van der Waals surface area contributed by atoms with Crippen LogP contribution in [0.5, 0.6) is 0 Å². The molecule has 3 aliphatic rings. The predicted molar refractivity (Wildman–Crippen MR) is 175 cm³/mol. The number of carbonyl (C=O) groups is 1. The third-order valence-electron chi connectivity index (χ3n) is 9.27. The fourth-order valence-electron chi connectivity index (χ4n) is 6.47. The molecule has 0 aromatic heterocycles. The quantitative estimate of drug-likeness (QED) is 0.381. The van der Waals surface area contributed by atoms with Gasteiger partial charge in [-0.25, -0.2) is 4.39 Å². The molecule has 43 heavy (non-hydrogen) atoms. The van der Waals surface area contributed by atoms with Gasteiger partial charge in [-0.05, 0) is 86.0 Å². The highest BCUT2D eigenvalue weighted by molar-refractivity contribution is 7.85. The number of likely N-dealkylation sites (tertiary alicyclic amines) is 1. The lowest BCUT2D eigenvalue weighted by molar-refractivity contribution is -0.132. The molecule has 1 amide bonds. The zero-order chi connectivity index (χ0) is 30.4.